The molecular formula is C24H39ClN6O3. The number of nitrogens with zero attached hydrogens (tertiary/aromatic N) is 5. The molecule has 34 heavy (non-hydrogen) atoms. The highest BCUT2D eigenvalue weighted by Crippen LogP contribution is 2.23. The Labute approximate surface area is 208 Å². The average Bonchev–Trinajstić information content (AvgIpc) is 2.83. The topological polar surface area (TPSA) is 83.1 Å². The molecule has 1 amide bonds. The van der Waals surface area contributed by atoms with Crippen LogP contribution in [-0.2, 0) is 14.3 Å². The normalized spacial score (nSPS) is 14.8. The van der Waals surface area contributed by atoms with E-state index >= 15 is 0 Å². The number of halogens is 1. The monoisotopic (exact) mass is 494 g/mol. The number of hydrogen-bond donors (Lipinski definition) is 1. The Morgan fingerprint density at radius 1 is 1.21 bits per heavy atom. The van der Waals surface area contributed by atoms with E-state index in [1.807, 2.05) is 31.7 Å². The first-order valence-corrected chi connectivity index (χ1v) is 12.1. The second kappa shape index (κ2) is 14.1. The largest absolute Gasteiger partial charge is 0.383 e. The number of nitrogens with one attached hydrogen (secondary N) is 1. The van der Waals surface area contributed by atoms with Gasteiger partial charge >= 0.3 is 0 Å². The fourth-order valence-corrected chi connectivity index (χ4v) is 3.72. The van der Waals surface area contributed by atoms with Gasteiger partial charge in [-0.25, -0.2) is 0 Å². The zero-order valence-corrected chi connectivity index (χ0v) is 21.9. The molecule has 1 aliphatic heterocycles. The predicted octanol–water partition coefficient (Wildman–Crippen LogP) is 2.99. The van der Waals surface area contributed by atoms with E-state index in [9.17, 15) is 4.79 Å². The lowest BCUT2D eigenvalue weighted by Crippen LogP contribution is -2.50. The van der Waals surface area contributed by atoms with Gasteiger partial charge in [0.1, 0.15) is 11.6 Å². The van der Waals surface area contributed by atoms with Gasteiger partial charge in [0.25, 0.3) is 0 Å². The Hall–Kier alpha value is -2.36. The van der Waals surface area contributed by atoms with Crippen LogP contribution in [0, 0.1) is 5.92 Å². The molecule has 0 bridgehead atoms. The molecule has 0 aromatic carbocycles. The van der Waals surface area contributed by atoms with Crippen LogP contribution in [0.5, 0.6) is 0 Å². The maximum Gasteiger partial charge on any atom is 0.229 e. The highest BCUT2D eigenvalue weighted by atomic mass is 35.5. The minimum Gasteiger partial charge on any atom is -0.383 e. The van der Waals surface area contributed by atoms with Crippen molar-refractivity contribution in [3.8, 4) is 0 Å². The summed E-state index contributed by atoms with van der Waals surface area (Å²) in [6.07, 6.45) is 1.74. The second-order valence-electron chi connectivity index (χ2n) is 8.47. The SMILES string of the molecule is C=C/C(CNc1cc(N(CCOC)CCOC)nc(N2CCN(C(=O)C(C)C)CC2)n1)=C(\C)Cl. The molecule has 10 heteroatoms. The summed E-state index contributed by atoms with van der Waals surface area (Å²) >= 11 is 6.18. The van der Waals surface area contributed by atoms with E-state index in [4.69, 9.17) is 31.0 Å². The fraction of sp³-hybridized carbons (Fsp3) is 0.625. The van der Waals surface area contributed by atoms with Crippen molar-refractivity contribution in [2.75, 3.05) is 88.4 Å². The van der Waals surface area contributed by atoms with Gasteiger partial charge in [-0.15, -0.1) is 0 Å². The minimum atomic E-state index is -0.00504. The summed E-state index contributed by atoms with van der Waals surface area (Å²) in [6.45, 7) is 15.2. The quantitative estimate of drug-likeness (QED) is 0.419. The van der Waals surface area contributed by atoms with E-state index in [1.165, 1.54) is 0 Å². The maximum absolute atomic E-state index is 12.4. The lowest BCUT2D eigenvalue weighted by Gasteiger charge is -2.36. The molecule has 1 saturated heterocycles. The van der Waals surface area contributed by atoms with Crippen molar-refractivity contribution in [2.24, 2.45) is 5.92 Å². The number of hydrogen-bond acceptors (Lipinski definition) is 8. The molecule has 2 rings (SSSR count). The number of aromatic nitrogens is 2. The molecule has 9 nitrogen and oxygen atoms in total. The standard InChI is InChI=1S/C24H39ClN6O3/c1-7-20(19(4)25)17-26-21-16-22(29(12-14-33-5)13-15-34-6)28-24(27-21)31-10-8-30(9-11-31)23(32)18(2)3/h7,16,18H,1,8-15,17H2,2-6H3,(H,26,27,28)/b20-19-. The molecular weight excluding hydrogens is 456 g/mol. The van der Waals surface area contributed by atoms with E-state index in [-0.39, 0.29) is 11.8 Å². The van der Waals surface area contributed by atoms with Gasteiger partial charge in [-0.05, 0) is 12.5 Å². The zero-order valence-electron chi connectivity index (χ0n) is 21.1. The van der Waals surface area contributed by atoms with Crippen LogP contribution in [0.3, 0.4) is 0 Å². The molecule has 1 aliphatic rings. The summed E-state index contributed by atoms with van der Waals surface area (Å²) in [5.74, 6) is 2.28. The van der Waals surface area contributed by atoms with Gasteiger partial charge in [0, 0.05) is 77.0 Å². The average molecular weight is 495 g/mol. The summed E-state index contributed by atoms with van der Waals surface area (Å²) in [5.41, 5.74) is 0.903. The van der Waals surface area contributed by atoms with Crippen LogP contribution in [-0.4, -0.2) is 94.0 Å². The summed E-state index contributed by atoms with van der Waals surface area (Å²) in [7, 11) is 3.37. The van der Waals surface area contributed by atoms with Gasteiger partial charge < -0.3 is 29.5 Å². The first-order valence-electron chi connectivity index (χ1n) is 11.7. The number of amides is 1. The van der Waals surface area contributed by atoms with E-state index in [1.54, 1.807) is 20.3 Å². The van der Waals surface area contributed by atoms with E-state index in [0.29, 0.717) is 75.8 Å². The van der Waals surface area contributed by atoms with Crippen LogP contribution < -0.4 is 15.1 Å². The lowest BCUT2D eigenvalue weighted by molar-refractivity contribution is -0.134. The summed E-state index contributed by atoms with van der Waals surface area (Å²) in [4.78, 5) is 28.2. The van der Waals surface area contributed by atoms with Gasteiger partial charge in [-0.3, -0.25) is 4.79 Å². The number of carbonyl (C=O) groups is 1. The van der Waals surface area contributed by atoms with Gasteiger partial charge in [-0.2, -0.15) is 9.97 Å². The molecule has 1 aromatic heterocycles. The number of methoxy groups -OCH3 is 2. The number of allylic oxidation sites excluding steroid dienone is 1. The lowest BCUT2D eigenvalue weighted by atomic mass is 10.1. The molecule has 0 aliphatic carbocycles. The Balaban J connectivity index is 2.30. The molecule has 1 aromatic rings. The Morgan fingerprint density at radius 2 is 1.82 bits per heavy atom. The maximum atomic E-state index is 12.4. The van der Waals surface area contributed by atoms with Crippen LogP contribution in [0.4, 0.5) is 17.6 Å². The molecule has 1 N–H and O–H groups in total. The summed E-state index contributed by atoms with van der Waals surface area (Å²) < 4.78 is 10.6. The van der Waals surface area contributed by atoms with E-state index < -0.39 is 0 Å². The van der Waals surface area contributed by atoms with Gasteiger partial charge in [0.15, 0.2) is 0 Å². The number of piperazine rings is 1. The molecule has 0 radical (unpaired) electrons. The Kier molecular flexibility index (Phi) is 11.6. The van der Waals surface area contributed by atoms with Gasteiger partial charge in [-0.1, -0.05) is 38.1 Å². The first kappa shape index (κ1) is 27.9. The van der Waals surface area contributed by atoms with Gasteiger partial charge in [0.05, 0.1) is 13.2 Å². The zero-order chi connectivity index (χ0) is 25.1. The van der Waals surface area contributed by atoms with Crippen molar-refractivity contribution in [3.05, 3.63) is 29.3 Å². The highest BCUT2D eigenvalue weighted by Gasteiger charge is 2.25. The molecule has 0 spiro atoms. The molecule has 0 unspecified atom stereocenters. The van der Waals surface area contributed by atoms with Crippen molar-refractivity contribution in [2.45, 2.75) is 20.8 Å². The third-order valence-electron chi connectivity index (χ3n) is 5.67. The van der Waals surface area contributed by atoms with Gasteiger partial charge in [0.2, 0.25) is 11.9 Å². The molecule has 0 atom stereocenters. The van der Waals surface area contributed by atoms with Crippen LogP contribution in [0.1, 0.15) is 20.8 Å². The Bertz CT molecular complexity index is 828. The number of ether oxygens (including phenoxy) is 2. The summed E-state index contributed by atoms with van der Waals surface area (Å²) in [6, 6.07) is 1.93. The number of rotatable bonds is 13. The predicted molar refractivity (Wildman–Crippen MR) is 139 cm³/mol. The van der Waals surface area contributed by atoms with Crippen molar-refractivity contribution in [3.63, 3.8) is 0 Å². The van der Waals surface area contributed by atoms with Crippen LogP contribution in [0.25, 0.3) is 0 Å². The number of carbonyl (C=O) groups excluding carboxylic acids is 1. The molecule has 2 heterocycles. The van der Waals surface area contributed by atoms with E-state index in [2.05, 4.69) is 21.7 Å². The third kappa shape index (κ3) is 8.14. The van der Waals surface area contributed by atoms with E-state index in [0.717, 1.165) is 11.4 Å². The number of anilines is 3. The Morgan fingerprint density at radius 3 is 2.32 bits per heavy atom. The molecule has 0 saturated carbocycles. The van der Waals surface area contributed by atoms with Crippen LogP contribution >= 0.6 is 11.6 Å². The smallest absolute Gasteiger partial charge is 0.229 e. The minimum absolute atomic E-state index is 0.00504. The van der Waals surface area contributed by atoms with Crippen LogP contribution in [0.15, 0.2) is 29.3 Å². The van der Waals surface area contributed by atoms with Crippen molar-refractivity contribution in [1.29, 1.82) is 0 Å². The highest BCUT2D eigenvalue weighted by molar-refractivity contribution is 6.29. The summed E-state index contributed by atoms with van der Waals surface area (Å²) in [5, 5.41) is 4.05. The van der Waals surface area contributed by atoms with Crippen molar-refractivity contribution in [1.82, 2.24) is 14.9 Å². The molecule has 190 valence electrons. The van der Waals surface area contributed by atoms with Crippen LogP contribution in [0.2, 0.25) is 0 Å². The second-order valence-corrected chi connectivity index (χ2v) is 9.03. The van der Waals surface area contributed by atoms with Crippen molar-refractivity contribution >= 4 is 35.1 Å². The third-order valence-corrected chi connectivity index (χ3v) is 5.92. The fourth-order valence-electron chi connectivity index (χ4n) is 3.57. The van der Waals surface area contributed by atoms with Crippen molar-refractivity contribution < 1.29 is 14.3 Å². The first-order chi connectivity index (χ1) is 16.3. The molecule has 1 fully saturated rings.